The summed E-state index contributed by atoms with van der Waals surface area (Å²) < 4.78 is 0. The Morgan fingerprint density at radius 1 is 0.295 bits per heavy atom. The van der Waals surface area contributed by atoms with Crippen molar-refractivity contribution in [3.8, 4) is 0 Å². The van der Waals surface area contributed by atoms with E-state index in [0.29, 0.717) is 19.3 Å². The monoisotopic (exact) mass is 863 g/mol. The van der Waals surface area contributed by atoms with Gasteiger partial charge in [0.15, 0.2) is 35.2 Å². The van der Waals surface area contributed by atoms with Gasteiger partial charge in [-0.3, -0.25) is 14.4 Å². The zero-order valence-corrected chi connectivity index (χ0v) is 41.2. The molecule has 6 nitrogen and oxygen atoms in total. The van der Waals surface area contributed by atoms with Crippen LogP contribution >= 0.6 is 0 Å². The van der Waals surface area contributed by atoms with Crippen molar-refractivity contribution in [2.24, 2.45) is 0 Å². The molecular weight excluding hydrogens is 757 g/mol. The summed E-state index contributed by atoms with van der Waals surface area (Å²) in [5.74, 6) is -2.10. The minimum absolute atomic E-state index is 0.0215. The molecule has 2 atom stereocenters. The van der Waals surface area contributed by atoms with Crippen LogP contribution in [0.2, 0.25) is 0 Å². The quantitative estimate of drug-likeness (QED) is 0.0525. The van der Waals surface area contributed by atoms with Gasteiger partial charge in [-0.05, 0) is 19.3 Å². The Morgan fingerprint density at radius 2 is 0.459 bits per heavy atom. The van der Waals surface area contributed by atoms with Crippen LogP contribution in [0.25, 0.3) is 0 Å². The molecule has 0 aliphatic carbocycles. The van der Waals surface area contributed by atoms with Crippen LogP contribution in [0.5, 0.6) is 0 Å². The Hall–Kier alpha value is -1.11. The van der Waals surface area contributed by atoms with Gasteiger partial charge >= 0.3 is 0 Å². The molecule has 0 rings (SSSR count). The lowest BCUT2D eigenvalue weighted by Gasteiger charge is -2.34. The largest absolute Gasteiger partial charge is 0.382 e. The summed E-state index contributed by atoms with van der Waals surface area (Å²) in [6, 6.07) is 0. The summed E-state index contributed by atoms with van der Waals surface area (Å²) in [6.07, 6.45) is 46.8. The van der Waals surface area contributed by atoms with Gasteiger partial charge in [-0.15, -0.1) is 0 Å². The van der Waals surface area contributed by atoms with Crippen LogP contribution in [0.1, 0.15) is 316 Å². The van der Waals surface area contributed by atoms with Gasteiger partial charge in [-0.2, -0.15) is 0 Å². The molecule has 61 heavy (non-hydrogen) atoms. The smallest absolute Gasteiger partial charge is 0.189 e. The zero-order valence-electron chi connectivity index (χ0n) is 41.2. The van der Waals surface area contributed by atoms with E-state index in [9.17, 15) is 29.7 Å². The van der Waals surface area contributed by atoms with Gasteiger partial charge in [0, 0.05) is 19.3 Å². The fourth-order valence-corrected chi connectivity index (χ4v) is 9.06. The molecule has 6 heteroatoms. The maximum atomic E-state index is 13.6. The number of aliphatic hydroxyl groups is 3. The number of Topliss-reactive ketones (excluding diaryl/α,β-unsaturated/α-hetero) is 3. The third kappa shape index (κ3) is 34.9. The first-order valence-corrected chi connectivity index (χ1v) is 27.4. The summed E-state index contributed by atoms with van der Waals surface area (Å²) in [4.78, 5) is 40.1. The fraction of sp³-hybridized carbons (Fsp3) is 0.945. The molecule has 0 heterocycles. The topological polar surface area (TPSA) is 112 Å². The molecule has 0 saturated carbocycles. The van der Waals surface area contributed by atoms with Crippen LogP contribution in [0.4, 0.5) is 0 Å². The van der Waals surface area contributed by atoms with Gasteiger partial charge in [-0.25, -0.2) is 0 Å². The van der Waals surface area contributed by atoms with E-state index < -0.39 is 35.2 Å². The molecule has 2 unspecified atom stereocenters. The highest BCUT2D eigenvalue weighted by Gasteiger charge is 2.53. The van der Waals surface area contributed by atoms with Crippen molar-refractivity contribution in [2.45, 2.75) is 334 Å². The first-order chi connectivity index (χ1) is 29.8. The van der Waals surface area contributed by atoms with Crippen molar-refractivity contribution < 1.29 is 29.7 Å². The maximum Gasteiger partial charge on any atom is 0.189 e. The number of carbonyl (C=O) groups is 3. The number of unbranched alkanes of at least 4 members (excludes halogenated alkanes) is 40. The molecule has 3 N–H and O–H groups in total. The summed E-state index contributed by atoms with van der Waals surface area (Å²) in [6.45, 7) is 6.76. The second kappa shape index (κ2) is 45.5. The zero-order chi connectivity index (χ0) is 44.9. The van der Waals surface area contributed by atoms with Crippen LogP contribution in [0.3, 0.4) is 0 Å². The van der Waals surface area contributed by atoms with Crippen LogP contribution < -0.4 is 0 Å². The number of hydrogen-bond donors (Lipinski definition) is 3. The molecule has 0 aliphatic heterocycles. The Labute approximate surface area is 379 Å². The average molecular weight is 863 g/mol. The normalized spacial score (nSPS) is 13.7. The van der Waals surface area contributed by atoms with Crippen molar-refractivity contribution in [2.75, 3.05) is 0 Å². The highest BCUT2D eigenvalue weighted by atomic mass is 16.4. The van der Waals surface area contributed by atoms with Gasteiger partial charge < -0.3 is 15.3 Å². The number of hydrogen-bond acceptors (Lipinski definition) is 6. The van der Waals surface area contributed by atoms with E-state index in [4.69, 9.17) is 0 Å². The lowest BCUT2D eigenvalue weighted by molar-refractivity contribution is -0.181. The fourth-order valence-electron chi connectivity index (χ4n) is 9.06. The Balaban J connectivity index is 4.72. The van der Waals surface area contributed by atoms with E-state index in [1.807, 2.05) is 0 Å². The van der Waals surface area contributed by atoms with E-state index in [1.165, 1.54) is 199 Å². The molecule has 362 valence electrons. The first-order valence-electron chi connectivity index (χ1n) is 27.4. The van der Waals surface area contributed by atoms with Crippen molar-refractivity contribution in [1.29, 1.82) is 0 Å². The second-order valence-electron chi connectivity index (χ2n) is 19.4. The molecule has 0 radical (unpaired) electrons. The molecule has 0 saturated heterocycles. The lowest BCUT2D eigenvalue weighted by atomic mass is 9.78. The molecule has 0 spiro atoms. The molecular formula is C55H106O6. The molecule has 0 fully saturated rings. The Bertz CT molecular complexity index is 912. The van der Waals surface area contributed by atoms with Crippen LogP contribution in [0.15, 0.2) is 0 Å². The average Bonchev–Trinajstić information content (AvgIpc) is 3.26. The van der Waals surface area contributed by atoms with E-state index >= 15 is 0 Å². The predicted molar refractivity (Wildman–Crippen MR) is 261 cm³/mol. The molecule has 0 aromatic rings. The Kier molecular flexibility index (Phi) is 44.6. The summed E-state index contributed by atoms with van der Waals surface area (Å²) in [7, 11) is 0. The summed E-state index contributed by atoms with van der Waals surface area (Å²) >= 11 is 0. The van der Waals surface area contributed by atoms with Crippen molar-refractivity contribution >= 4 is 17.3 Å². The molecule has 0 aromatic heterocycles. The van der Waals surface area contributed by atoms with Gasteiger partial charge in [0.1, 0.15) is 0 Å². The highest BCUT2D eigenvalue weighted by molar-refractivity contribution is 6.01. The van der Waals surface area contributed by atoms with E-state index in [0.717, 1.165) is 57.8 Å². The van der Waals surface area contributed by atoms with Crippen LogP contribution in [0, 0.1) is 0 Å². The Morgan fingerprint density at radius 3 is 0.656 bits per heavy atom. The molecule has 0 bridgehead atoms. The summed E-state index contributed by atoms with van der Waals surface area (Å²) in [5, 5.41) is 34.1. The number of ketones is 3. The van der Waals surface area contributed by atoms with Crippen molar-refractivity contribution in [3.63, 3.8) is 0 Å². The third-order valence-corrected chi connectivity index (χ3v) is 13.5. The second-order valence-corrected chi connectivity index (χ2v) is 19.4. The van der Waals surface area contributed by atoms with E-state index in [2.05, 4.69) is 20.8 Å². The molecule has 0 amide bonds. The van der Waals surface area contributed by atoms with Gasteiger partial charge in [0.05, 0.1) is 0 Å². The minimum Gasteiger partial charge on any atom is -0.382 e. The number of aliphatic hydroxyl groups excluding tert-OH is 2. The standard InChI is InChI=1S/C55H106O6/c1-4-7-10-13-16-19-22-25-27-30-32-35-38-41-44-47-50(56)53(59)55(61,52(58)49-46-43-40-37-34-29-24-21-18-15-12-9-6-3)54(60)51(57)48-45-42-39-36-33-31-28-26-23-20-17-14-11-8-5-2/h53-54,59-61H,4-49H2,1-3H3. The SMILES string of the molecule is CCCCCCCCCCCCCCCCCC(=O)C(O)C(O)(C(=O)CCCCCCCCCCCCCCC)C(O)C(=O)CCCCCCCCCCCCCCCCC. The van der Waals surface area contributed by atoms with Crippen molar-refractivity contribution in [1.82, 2.24) is 0 Å². The van der Waals surface area contributed by atoms with Crippen LogP contribution in [-0.2, 0) is 14.4 Å². The third-order valence-electron chi connectivity index (χ3n) is 13.5. The maximum absolute atomic E-state index is 13.6. The highest BCUT2D eigenvalue weighted by Crippen LogP contribution is 2.26. The molecule has 0 aliphatic rings. The number of rotatable bonds is 51. The minimum atomic E-state index is -2.80. The van der Waals surface area contributed by atoms with Crippen molar-refractivity contribution in [3.05, 3.63) is 0 Å². The predicted octanol–water partition coefficient (Wildman–Crippen LogP) is 16.2. The van der Waals surface area contributed by atoms with Gasteiger partial charge in [0.2, 0.25) is 0 Å². The van der Waals surface area contributed by atoms with E-state index in [1.54, 1.807) is 0 Å². The van der Waals surface area contributed by atoms with Crippen LogP contribution in [-0.4, -0.2) is 50.5 Å². The van der Waals surface area contributed by atoms with E-state index in [-0.39, 0.29) is 19.3 Å². The lowest BCUT2D eigenvalue weighted by Crippen LogP contribution is -2.63. The first kappa shape index (κ1) is 59.9. The van der Waals surface area contributed by atoms with Gasteiger partial charge in [-0.1, -0.05) is 278 Å². The summed E-state index contributed by atoms with van der Waals surface area (Å²) in [5.41, 5.74) is -2.80. The van der Waals surface area contributed by atoms with Gasteiger partial charge in [0.25, 0.3) is 0 Å². The number of carbonyl (C=O) groups excluding carboxylic acids is 3. The molecule has 0 aromatic carbocycles.